The molecule has 1 fully saturated rings. The number of fused-ring (bicyclic) bond motifs is 1. The van der Waals surface area contributed by atoms with E-state index in [0.717, 1.165) is 24.0 Å². The number of aromatic nitrogens is 2. The molecule has 0 aliphatic carbocycles. The number of hydrogen-bond donors (Lipinski definition) is 0. The molecule has 1 saturated heterocycles. The Bertz CT molecular complexity index is 1020. The first-order valence-electron chi connectivity index (χ1n) is 9.14. The summed E-state index contributed by atoms with van der Waals surface area (Å²) in [5.41, 5.74) is 1.53. The van der Waals surface area contributed by atoms with Crippen LogP contribution in [-0.4, -0.2) is 58.5 Å². The van der Waals surface area contributed by atoms with Crippen LogP contribution in [0.15, 0.2) is 59.5 Å². The lowest BCUT2D eigenvalue weighted by molar-refractivity contribution is 0.0662. The highest BCUT2D eigenvalue weighted by Crippen LogP contribution is 2.15. The molecule has 0 bridgehead atoms. The number of piperazine rings is 1. The van der Waals surface area contributed by atoms with E-state index in [9.17, 15) is 9.59 Å². The smallest absolute Gasteiger partial charge is 0.265 e. The minimum Gasteiger partial charge on any atom is -0.336 e. The standard InChI is InChI=1S/C21H22N4O2/c1-23-10-12-24(13-11-23)20(26)18-14-17-8-5-9-22-19(17)25(21(18)27)15-16-6-3-2-4-7-16/h2-9,14H,10-13,15H2,1H3. The zero-order valence-corrected chi connectivity index (χ0v) is 15.3. The van der Waals surface area contributed by atoms with Gasteiger partial charge in [0.2, 0.25) is 0 Å². The van der Waals surface area contributed by atoms with Gasteiger partial charge in [-0.25, -0.2) is 4.98 Å². The van der Waals surface area contributed by atoms with Gasteiger partial charge in [0.15, 0.2) is 0 Å². The van der Waals surface area contributed by atoms with E-state index in [0.29, 0.717) is 25.3 Å². The molecule has 1 aromatic carbocycles. The van der Waals surface area contributed by atoms with Gasteiger partial charge in [0.1, 0.15) is 11.2 Å². The minimum atomic E-state index is -0.283. The van der Waals surface area contributed by atoms with Crippen LogP contribution in [-0.2, 0) is 6.54 Å². The van der Waals surface area contributed by atoms with Crippen LogP contribution in [0.4, 0.5) is 0 Å². The fourth-order valence-corrected chi connectivity index (χ4v) is 3.45. The van der Waals surface area contributed by atoms with Crippen molar-refractivity contribution in [2.45, 2.75) is 6.54 Å². The molecule has 138 valence electrons. The van der Waals surface area contributed by atoms with Gasteiger partial charge in [0.25, 0.3) is 11.5 Å². The maximum absolute atomic E-state index is 13.2. The molecule has 3 aromatic rings. The van der Waals surface area contributed by atoms with Crippen molar-refractivity contribution in [3.63, 3.8) is 0 Å². The van der Waals surface area contributed by atoms with E-state index in [1.54, 1.807) is 21.7 Å². The number of hydrogen-bond acceptors (Lipinski definition) is 4. The third-order valence-electron chi connectivity index (χ3n) is 5.05. The molecule has 6 nitrogen and oxygen atoms in total. The lowest BCUT2D eigenvalue weighted by Crippen LogP contribution is -2.48. The van der Waals surface area contributed by atoms with Gasteiger partial charge in [-0.1, -0.05) is 30.3 Å². The number of amides is 1. The molecule has 0 saturated carbocycles. The maximum Gasteiger partial charge on any atom is 0.265 e. The predicted molar refractivity (Wildman–Crippen MR) is 105 cm³/mol. The topological polar surface area (TPSA) is 58.4 Å². The van der Waals surface area contributed by atoms with Crippen molar-refractivity contribution < 1.29 is 4.79 Å². The first kappa shape index (κ1) is 17.4. The zero-order chi connectivity index (χ0) is 18.8. The highest BCUT2D eigenvalue weighted by Gasteiger charge is 2.24. The molecule has 0 radical (unpaired) electrons. The average molecular weight is 362 g/mol. The summed E-state index contributed by atoms with van der Waals surface area (Å²) in [7, 11) is 2.04. The molecule has 1 aliphatic heterocycles. The summed E-state index contributed by atoms with van der Waals surface area (Å²) in [5.74, 6) is -0.194. The van der Waals surface area contributed by atoms with E-state index in [1.165, 1.54) is 0 Å². The molecule has 1 amide bonds. The Balaban J connectivity index is 1.79. The van der Waals surface area contributed by atoms with Crippen LogP contribution in [0.25, 0.3) is 11.0 Å². The predicted octanol–water partition coefficient (Wildman–Crippen LogP) is 1.83. The van der Waals surface area contributed by atoms with Gasteiger partial charge in [-0.15, -0.1) is 0 Å². The van der Waals surface area contributed by atoms with Crippen LogP contribution in [0.3, 0.4) is 0 Å². The molecule has 3 heterocycles. The number of nitrogens with zero attached hydrogens (tertiary/aromatic N) is 4. The van der Waals surface area contributed by atoms with Gasteiger partial charge in [0.05, 0.1) is 6.54 Å². The molecule has 6 heteroatoms. The Morgan fingerprint density at radius 3 is 2.52 bits per heavy atom. The van der Waals surface area contributed by atoms with Crippen molar-refractivity contribution in [3.05, 3.63) is 76.2 Å². The van der Waals surface area contributed by atoms with Crippen molar-refractivity contribution in [1.82, 2.24) is 19.4 Å². The lowest BCUT2D eigenvalue weighted by atomic mass is 10.1. The SMILES string of the molecule is CN1CCN(C(=O)c2cc3cccnc3n(Cc3ccccc3)c2=O)CC1. The van der Waals surface area contributed by atoms with E-state index >= 15 is 0 Å². The third kappa shape index (κ3) is 3.48. The highest BCUT2D eigenvalue weighted by molar-refractivity contribution is 5.97. The molecule has 0 N–H and O–H groups in total. The number of carbonyl (C=O) groups is 1. The van der Waals surface area contributed by atoms with Gasteiger partial charge in [0, 0.05) is 37.8 Å². The molecule has 4 rings (SSSR count). The van der Waals surface area contributed by atoms with Crippen molar-refractivity contribution in [3.8, 4) is 0 Å². The largest absolute Gasteiger partial charge is 0.336 e. The Hall–Kier alpha value is -2.99. The second-order valence-corrected chi connectivity index (χ2v) is 6.95. The van der Waals surface area contributed by atoms with E-state index in [4.69, 9.17) is 0 Å². The third-order valence-corrected chi connectivity index (χ3v) is 5.05. The second-order valence-electron chi connectivity index (χ2n) is 6.95. The molecule has 1 aliphatic rings. The fraction of sp³-hybridized carbons (Fsp3) is 0.286. The van der Waals surface area contributed by atoms with Gasteiger partial charge in [-0.3, -0.25) is 14.2 Å². The normalized spacial score (nSPS) is 15.2. The first-order valence-corrected chi connectivity index (χ1v) is 9.14. The monoisotopic (exact) mass is 362 g/mol. The lowest BCUT2D eigenvalue weighted by Gasteiger charge is -2.32. The van der Waals surface area contributed by atoms with Gasteiger partial charge < -0.3 is 9.80 Å². The summed E-state index contributed by atoms with van der Waals surface area (Å²) in [4.78, 5) is 34.6. The van der Waals surface area contributed by atoms with Crippen molar-refractivity contribution >= 4 is 16.9 Å². The van der Waals surface area contributed by atoms with Crippen molar-refractivity contribution in [1.29, 1.82) is 0 Å². The molecule has 2 aromatic heterocycles. The molecule has 0 unspecified atom stereocenters. The summed E-state index contributed by atoms with van der Waals surface area (Å²) in [6.45, 7) is 3.30. The van der Waals surface area contributed by atoms with E-state index in [2.05, 4.69) is 9.88 Å². The maximum atomic E-state index is 13.2. The fourth-order valence-electron chi connectivity index (χ4n) is 3.45. The molecule has 0 atom stereocenters. The number of pyridine rings is 2. The Labute approximate surface area is 157 Å². The van der Waals surface area contributed by atoms with E-state index < -0.39 is 0 Å². The van der Waals surface area contributed by atoms with Crippen LogP contribution < -0.4 is 5.56 Å². The Morgan fingerprint density at radius 2 is 1.78 bits per heavy atom. The molecule has 0 spiro atoms. The zero-order valence-electron chi connectivity index (χ0n) is 15.3. The Kier molecular flexibility index (Phi) is 4.73. The van der Waals surface area contributed by atoms with Crippen LogP contribution >= 0.6 is 0 Å². The van der Waals surface area contributed by atoms with Crippen LogP contribution in [0, 0.1) is 0 Å². The van der Waals surface area contributed by atoms with Crippen LogP contribution in [0.5, 0.6) is 0 Å². The summed E-state index contributed by atoms with van der Waals surface area (Å²) >= 11 is 0. The summed E-state index contributed by atoms with van der Waals surface area (Å²) in [6.07, 6.45) is 1.67. The first-order chi connectivity index (χ1) is 13.1. The minimum absolute atomic E-state index is 0.194. The van der Waals surface area contributed by atoms with Crippen molar-refractivity contribution in [2.75, 3.05) is 33.2 Å². The van der Waals surface area contributed by atoms with Crippen LogP contribution in [0.1, 0.15) is 15.9 Å². The second kappa shape index (κ2) is 7.32. The van der Waals surface area contributed by atoms with Gasteiger partial charge >= 0.3 is 0 Å². The summed E-state index contributed by atoms with van der Waals surface area (Å²) < 4.78 is 1.61. The van der Waals surface area contributed by atoms with Crippen molar-refractivity contribution in [2.24, 2.45) is 0 Å². The summed E-state index contributed by atoms with van der Waals surface area (Å²) in [6, 6.07) is 15.2. The quantitative estimate of drug-likeness (QED) is 0.713. The van der Waals surface area contributed by atoms with E-state index in [-0.39, 0.29) is 17.0 Å². The van der Waals surface area contributed by atoms with Crippen LogP contribution in [0.2, 0.25) is 0 Å². The number of likely N-dealkylation sites (N-methyl/N-ethyl adjacent to an activating group) is 1. The van der Waals surface area contributed by atoms with Gasteiger partial charge in [-0.05, 0) is 30.8 Å². The number of benzene rings is 1. The van der Waals surface area contributed by atoms with Gasteiger partial charge in [-0.2, -0.15) is 0 Å². The average Bonchev–Trinajstić information content (AvgIpc) is 2.71. The molecular formula is C21H22N4O2. The summed E-state index contributed by atoms with van der Waals surface area (Å²) in [5, 5.41) is 0.797. The molecular weight excluding hydrogens is 340 g/mol. The molecule has 27 heavy (non-hydrogen) atoms. The number of rotatable bonds is 3. The number of carbonyl (C=O) groups excluding carboxylic acids is 1. The highest BCUT2D eigenvalue weighted by atomic mass is 16.2. The van der Waals surface area contributed by atoms with E-state index in [1.807, 2.05) is 49.5 Å². The Morgan fingerprint density at radius 1 is 1.04 bits per heavy atom.